The molecule has 2 aliphatic heterocycles. The molecule has 2 aliphatic rings. The van der Waals surface area contributed by atoms with Gasteiger partial charge in [0.15, 0.2) is 5.16 Å². The number of piperidine rings is 1. The predicted octanol–water partition coefficient (Wildman–Crippen LogP) is 4.68. The molecule has 0 spiro atoms. The second-order valence-electron chi connectivity index (χ2n) is 9.04. The minimum Gasteiger partial charge on any atom is -0.508 e. The SMILES string of the molecule is Oc1ccccc1CN1CCC(c2nnc(SC[C@H]3CCCO3)n2Cc2ccccc2)CC1. The lowest BCUT2D eigenvalue weighted by atomic mass is 9.95. The van der Waals surface area contributed by atoms with Crippen LogP contribution in [0.25, 0.3) is 0 Å². The summed E-state index contributed by atoms with van der Waals surface area (Å²) in [5.41, 5.74) is 2.27. The average molecular weight is 465 g/mol. The van der Waals surface area contributed by atoms with Gasteiger partial charge in [0, 0.05) is 30.4 Å². The summed E-state index contributed by atoms with van der Waals surface area (Å²) in [4.78, 5) is 2.43. The fourth-order valence-corrected chi connectivity index (χ4v) is 5.81. The third kappa shape index (κ3) is 5.60. The first-order valence-electron chi connectivity index (χ1n) is 12.0. The van der Waals surface area contributed by atoms with Crippen LogP contribution in [-0.4, -0.2) is 56.3 Å². The zero-order valence-corrected chi connectivity index (χ0v) is 19.8. The molecule has 0 radical (unpaired) electrons. The molecule has 2 aromatic carbocycles. The van der Waals surface area contributed by atoms with E-state index in [1.807, 2.05) is 18.2 Å². The summed E-state index contributed by atoms with van der Waals surface area (Å²) in [6.07, 6.45) is 4.74. The van der Waals surface area contributed by atoms with E-state index in [-0.39, 0.29) is 0 Å². The van der Waals surface area contributed by atoms with Crippen LogP contribution in [0.15, 0.2) is 59.8 Å². The van der Waals surface area contributed by atoms with Gasteiger partial charge >= 0.3 is 0 Å². The molecule has 0 saturated carbocycles. The molecule has 2 saturated heterocycles. The number of hydrogen-bond donors (Lipinski definition) is 1. The van der Waals surface area contributed by atoms with Crippen molar-refractivity contribution in [3.8, 4) is 5.75 Å². The number of likely N-dealkylation sites (tertiary alicyclic amines) is 1. The van der Waals surface area contributed by atoms with Crippen molar-refractivity contribution in [2.75, 3.05) is 25.4 Å². The molecule has 5 rings (SSSR count). The van der Waals surface area contributed by atoms with E-state index in [4.69, 9.17) is 9.84 Å². The van der Waals surface area contributed by atoms with Crippen LogP contribution >= 0.6 is 11.8 Å². The van der Waals surface area contributed by atoms with Gasteiger partial charge in [0.05, 0.1) is 12.6 Å². The van der Waals surface area contributed by atoms with Crippen molar-refractivity contribution < 1.29 is 9.84 Å². The molecule has 0 bridgehead atoms. The fourth-order valence-electron chi connectivity index (χ4n) is 4.80. The number of para-hydroxylation sites is 1. The van der Waals surface area contributed by atoms with Gasteiger partial charge in [-0.1, -0.05) is 60.3 Å². The molecule has 2 fully saturated rings. The van der Waals surface area contributed by atoms with E-state index in [1.54, 1.807) is 17.8 Å². The number of rotatable bonds is 8. The molecule has 1 aromatic heterocycles. The van der Waals surface area contributed by atoms with Gasteiger partial charge in [-0.05, 0) is 50.4 Å². The van der Waals surface area contributed by atoms with E-state index < -0.39 is 0 Å². The highest BCUT2D eigenvalue weighted by Gasteiger charge is 2.27. The zero-order valence-electron chi connectivity index (χ0n) is 19.0. The fraction of sp³-hybridized carbons (Fsp3) is 0.462. The largest absolute Gasteiger partial charge is 0.508 e. The van der Waals surface area contributed by atoms with E-state index in [1.165, 1.54) is 5.56 Å². The standard InChI is InChI=1S/C26H32N4O2S/c31-24-11-5-4-9-22(24)18-29-14-12-21(13-15-29)25-27-28-26(33-19-23-10-6-16-32-23)30(25)17-20-7-2-1-3-8-20/h1-5,7-9,11,21,23,31H,6,10,12-19H2/t23-/m1/s1. The first-order valence-corrected chi connectivity index (χ1v) is 13.0. The predicted molar refractivity (Wildman–Crippen MR) is 131 cm³/mol. The maximum Gasteiger partial charge on any atom is 0.191 e. The topological polar surface area (TPSA) is 63.4 Å². The van der Waals surface area contributed by atoms with Crippen LogP contribution in [0.3, 0.4) is 0 Å². The minimum atomic E-state index is 0.331. The van der Waals surface area contributed by atoms with Gasteiger partial charge in [-0.15, -0.1) is 10.2 Å². The maximum absolute atomic E-state index is 10.1. The molecule has 174 valence electrons. The molecule has 3 heterocycles. The molecule has 0 aliphatic carbocycles. The van der Waals surface area contributed by atoms with Gasteiger partial charge in [0.25, 0.3) is 0 Å². The van der Waals surface area contributed by atoms with Gasteiger partial charge in [-0.2, -0.15) is 0 Å². The lowest BCUT2D eigenvalue weighted by molar-refractivity contribution is 0.129. The van der Waals surface area contributed by atoms with Crippen molar-refractivity contribution in [1.29, 1.82) is 0 Å². The number of aromatic hydroxyl groups is 1. The summed E-state index contributed by atoms with van der Waals surface area (Å²) < 4.78 is 8.16. The number of nitrogens with zero attached hydrogens (tertiary/aromatic N) is 4. The number of phenols is 1. The number of thioether (sulfide) groups is 1. The van der Waals surface area contributed by atoms with Gasteiger partial charge in [-0.3, -0.25) is 4.90 Å². The Morgan fingerprint density at radius 1 is 0.939 bits per heavy atom. The Morgan fingerprint density at radius 3 is 2.48 bits per heavy atom. The lowest BCUT2D eigenvalue weighted by Gasteiger charge is -2.31. The van der Waals surface area contributed by atoms with Crippen molar-refractivity contribution in [3.63, 3.8) is 0 Å². The smallest absolute Gasteiger partial charge is 0.191 e. The van der Waals surface area contributed by atoms with Crippen LogP contribution in [-0.2, 0) is 17.8 Å². The zero-order chi connectivity index (χ0) is 22.5. The summed E-state index contributed by atoms with van der Waals surface area (Å²) in [5, 5.41) is 20.4. The normalized spacial score (nSPS) is 19.8. The molecule has 1 N–H and O–H groups in total. The summed E-state index contributed by atoms with van der Waals surface area (Å²) >= 11 is 1.78. The highest BCUT2D eigenvalue weighted by Crippen LogP contribution is 2.32. The molecule has 6 nitrogen and oxygen atoms in total. The highest BCUT2D eigenvalue weighted by atomic mass is 32.2. The molecule has 1 atom stereocenters. The number of benzene rings is 2. The maximum atomic E-state index is 10.1. The summed E-state index contributed by atoms with van der Waals surface area (Å²) in [6, 6.07) is 18.2. The lowest BCUT2D eigenvalue weighted by Crippen LogP contribution is -2.33. The third-order valence-electron chi connectivity index (χ3n) is 6.69. The van der Waals surface area contributed by atoms with Crippen LogP contribution in [0.5, 0.6) is 5.75 Å². The van der Waals surface area contributed by atoms with E-state index in [0.29, 0.717) is 17.8 Å². The molecule has 0 unspecified atom stereocenters. The van der Waals surface area contributed by atoms with E-state index in [9.17, 15) is 5.11 Å². The van der Waals surface area contributed by atoms with Crippen molar-refractivity contribution in [1.82, 2.24) is 19.7 Å². The first kappa shape index (κ1) is 22.4. The molecule has 33 heavy (non-hydrogen) atoms. The molecule has 3 aromatic rings. The van der Waals surface area contributed by atoms with Crippen molar-refractivity contribution >= 4 is 11.8 Å². The summed E-state index contributed by atoms with van der Waals surface area (Å²) in [7, 11) is 0. The number of ether oxygens (including phenoxy) is 1. The summed E-state index contributed by atoms with van der Waals surface area (Å²) in [6.45, 7) is 4.46. The Morgan fingerprint density at radius 2 is 1.73 bits per heavy atom. The second-order valence-corrected chi connectivity index (χ2v) is 10.0. The van der Waals surface area contributed by atoms with Crippen LogP contribution in [0.1, 0.15) is 48.6 Å². The molecular formula is C26H32N4O2S. The molecular weight excluding hydrogens is 432 g/mol. The van der Waals surface area contributed by atoms with Crippen LogP contribution in [0.4, 0.5) is 0 Å². The Balaban J connectivity index is 1.28. The van der Waals surface area contributed by atoms with Crippen molar-refractivity contribution in [2.24, 2.45) is 0 Å². The monoisotopic (exact) mass is 464 g/mol. The minimum absolute atomic E-state index is 0.331. The number of aromatic nitrogens is 3. The van der Waals surface area contributed by atoms with E-state index >= 15 is 0 Å². The van der Waals surface area contributed by atoms with Gasteiger partial charge < -0.3 is 14.4 Å². The van der Waals surface area contributed by atoms with Crippen LogP contribution in [0, 0.1) is 0 Å². The van der Waals surface area contributed by atoms with Crippen LogP contribution < -0.4 is 0 Å². The second kappa shape index (κ2) is 10.7. The van der Waals surface area contributed by atoms with Crippen molar-refractivity contribution in [3.05, 3.63) is 71.5 Å². The Labute approximate surface area is 200 Å². The van der Waals surface area contributed by atoms with Gasteiger partial charge in [0.1, 0.15) is 11.6 Å². The number of hydrogen-bond acceptors (Lipinski definition) is 6. The van der Waals surface area contributed by atoms with E-state index in [2.05, 4.69) is 44.9 Å². The highest BCUT2D eigenvalue weighted by molar-refractivity contribution is 7.99. The summed E-state index contributed by atoms with van der Waals surface area (Å²) in [5.74, 6) is 2.83. The first-order chi connectivity index (χ1) is 16.3. The Hall–Kier alpha value is -2.35. The average Bonchev–Trinajstić information content (AvgIpc) is 3.51. The number of phenolic OH excluding ortho intramolecular Hbond substituents is 1. The Bertz CT molecular complexity index is 1030. The quantitative estimate of drug-likeness (QED) is 0.488. The van der Waals surface area contributed by atoms with Gasteiger partial charge in [-0.25, -0.2) is 0 Å². The van der Waals surface area contributed by atoms with Gasteiger partial charge in [0.2, 0.25) is 0 Å². The van der Waals surface area contributed by atoms with Crippen molar-refractivity contribution in [2.45, 2.75) is 56.0 Å². The van der Waals surface area contributed by atoms with E-state index in [0.717, 1.165) is 80.8 Å². The molecule has 0 amide bonds. The molecule has 7 heteroatoms. The third-order valence-corrected chi connectivity index (χ3v) is 7.79. The van der Waals surface area contributed by atoms with Crippen LogP contribution in [0.2, 0.25) is 0 Å². The Kier molecular flexibility index (Phi) is 7.29.